The Kier molecular flexibility index (Phi) is 18.1. The summed E-state index contributed by atoms with van der Waals surface area (Å²) in [5, 5.41) is 0. The van der Waals surface area contributed by atoms with Gasteiger partial charge in [-0.1, -0.05) is 90.4 Å². The highest BCUT2D eigenvalue weighted by Crippen LogP contribution is 2.18. The van der Waals surface area contributed by atoms with E-state index in [0.717, 1.165) is 12.8 Å². The van der Waals surface area contributed by atoms with E-state index < -0.39 is 0 Å². The lowest BCUT2D eigenvalue weighted by molar-refractivity contribution is -0.144. The zero-order chi connectivity index (χ0) is 24.0. The summed E-state index contributed by atoms with van der Waals surface area (Å²) in [6.07, 6.45) is 19.2. The Morgan fingerprint density at radius 2 is 1.06 bits per heavy atom. The van der Waals surface area contributed by atoms with E-state index in [4.69, 9.17) is 14.2 Å². The molecule has 0 radical (unpaired) electrons. The van der Waals surface area contributed by atoms with Crippen LogP contribution in [-0.4, -0.2) is 25.7 Å². The van der Waals surface area contributed by atoms with Crippen molar-refractivity contribution in [1.29, 1.82) is 0 Å². The van der Waals surface area contributed by atoms with Crippen molar-refractivity contribution in [3.05, 3.63) is 24.3 Å². The van der Waals surface area contributed by atoms with Crippen LogP contribution < -0.4 is 9.47 Å². The Bertz CT molecular complexity index is 611. The van der Waals surface area contributed by atoms with Gasteiger partial charge in [0, 0.05) is 12.8 Å². The first-order chi connectivity index (χ1) is 16.2. The molecule has 0 saturated carbocycles. The second-order valence-electron chi connectivity index (χ2n) is 8.82. The molecule has 0 atom stereocenters. The zero-order valence-corrected chi connectivity index (χ0v) is 21.1. The van der Waals surface area contributed by atoms with Crippen LogP contribution in [0.15, 0.2) is 24.3 Å². The lowest BCUT2D eigenvalue weighted by Gasteiger charge is -2.06. The molecule has 0 aliphatic heterocycles. The molecule has 1 rings (SSSR count). The van der Waals surface area contributed by atoms with Crippen molar-refractivity contribution in [1.82, 2.24) is 0 Å². The van der Waals surface area contributed by atoms with Crippen LogP contribution in [0.1, 0.15) is 116 Å². The summed E-state index contributed by atoms with van der Waals surface area (Å²) in [6.45, 7) is 2.74. The first-order valence-corrected chi connectivity index (χ1v) is 13.2. The van der Waals surface area contributed by atoms with Gasteiger partial charge in [0.05, 0.1) is 13.7 Å². The number of carbonyl (C=O) groups is 2. The Morgan fingerprint density at radius 1 is 0.606 bits per heavy atom. The molecule has 0 N–H and O–H groups in total. The number of rotatable bonds is 21. The van der Waals surface area contributed by atoms with E-state index in [1.54, 1.807) is 31.4 Å². The summed E-state index contributed by atoms with van der Waals surface area (Å²) in [5.41, 5.74) is 0. The SMILES string of the molecule is CCCCCCCCCCCCCCCCOC(=O)CCCC(=O)Oc1ccc(OC)cc1. The fourth-order valence-electron chi connectivity index (χ4n) is 3.76. The molecular formula is C28H46O5. The molecule has 5 nitrogen and oxygen atoms in total. The van der Waals surface area contributed by atoms with Gasteiger partial charge in [0.2, 0.25) is 0 Å². The number of benzene rings is 1. The van der Waals surface area contributed by atoms with Gasteiger partial charge in [-0.05, 0) is 37.1 Å². The van der Waals surface area contributed by atoms with E-state index >= 15 is 0 Å². The van der Waals surface area contributed by atoms with Gasteiger partial charge in [0.1, 0.15) is 11.5 Å². The van der Waals surface area contributed by atoms with Crippen LogP contribution in [0.5, 0.6) is 11.5 Å². The number of hydrogen-bond acceptors (Lipinski definition) is 5. The van der Waals surface area contributed by atoms with E-state index in [2.05, 4.69) is 6.92 Å². The van der Waals surface area contributed by atoms with Crippen LogP contribution >= 0.6 is 0 Å². The maximum Gasteiger partial charge on any atom is 0.311 e. The minimum absolute atomic E-state index is 0.194. The summed E-state index contributed by atoms with van der Waals surface area (Å²) in [5.74, 6) is 0.597. The molecule has 0 amide bonds. The Hall–Kier alpha value is -2.04. The minimum Gasteiger partial charge on any atom is -0.497 e. The summed E-state index contributed by atoms with van der Waals surface area (Å²) in [6, 6.07) is 6.83. The van der Waals surface area contributed by atoms with Crippen LogP contribution in [0.3, 0.4) is 0 Å². The lowest BCUT2D eigenvalue weighted by atomic mass is 10.0. The van der Waals surface area contributed by atoms with Crippen LogP contribution in [0.25, 0.3) is 0 Å². The van der Waals surface area contributed by atoms with Crippen molar-refractivity contribution < 1.29 is 23.8 Å². The van der Waals surface area contributed by atoms with E-state index in [0.29, 0.717) is 24.5 Å². The second kappa shape index (κ2) is 20.6. The first-order valence-electron chi connectivity index (χ1n) is 13.2. The van der Waals surface area contributed by atoms with Crippen molar-refractivity contribution in [2.75, 3.05) is 13.7 Å². The third-order valence-corrected chi connectivity index (χ3v) is 5.81. The highest BCUT2D eigenvalue weighted by molar-refractivity contribution is 5.74. The van der Waals surface area contributed by atoms with E-state index in [1.165, 1.54) is 77.0 Å². The smallest absolute Gasteiger partial charge is 0.311 e. The minimum atomic E-state index is -0.347. The zero-order valence-electron chi connectivity index (χ0n) is 21.1. The molecule has 188 valence electrons. The predicted octanol–water partition coefficient (Wildman–Crippen LogP) is 7.80. The van der Waals surface area contributed by atoms with Gasteiger partial charge in [-0.25, -0.2) is 0 Å². The Morgan fingerprint density at radius 3 is 1.58 bits per heavy atom. The summed E-state index contributed by atoms with van der Waals surface area (Å²) in [7, 11) is 1.58. The molecule has 1 aromatic carbocycles. The fourth-order valence-corrected chi connectivity index (χ4v) is 3.76. The summed E-state index contributed by atoms with van der Waals surface area (Å²) < 4.78 is 15.6. The van der Waals surface area contributed by atoms with Crippen LogP contribution in [0.2, 0.25) is 0 Å². The molecule has 0 unspecified atom stereocenters. The topological polar surface area (TPSA) is 61.8 Å². The van der Waals surface area contributed by atoms with Crippen molar-refractivity contribution in [3.8, 4) is 11.5 Å². The summed E-state index contributed by atoms with van der Waals surface area (Å²) >= 11 is 0. The molecule has 0 fully saturated rings. The largest absolute Gasteiger partial charge is 0.497 e. The predicted molar refractivity (Wildman–Crippen MR) is 134 cm³/mol. The molecule has 1 aromatic rings. The molecule has 0 spiro atoms. The molecule has 0 heterocycles. The van der Waals surface area contributed by atoms with Gasteiger partial charge in [-0.3, -0.25) is 9.59 Å². The van der Waals surface area contributed by atoms with Crippen LogP contribution in [-0.2, 0) is 14.3 Å². The van der Waals surface area contributed by atoms with E-state index in [-0.39, 0.29) is 24.8 Å². The number of carbonyl (C=O) groups excluding carboxylic acids is 2. The van der Waals surface area contributed by atoms with E-state index in [1.807, 2.05) is 0 Å². The highest BCUT2D eigenvalue weighted by atomic mass is 16.5. The van der Waals surface area contributed by atoms with Gasteiger partial charge in [0.15, 0.2) is 0 Å². The number of hydrogen-bond donors (Lipinski definition) is 0. The van der Waals surface area contributed by atoms with Gasteiger partial charge in [-0.2, -0.15) is 0 Å². The maximum atomic E-state index is 11.9. The van der Waals surface area contributed by atoms with Gasteiger partial charge in [0.25, 0.3) is 0 Å². The van der Waals surface area contributed by atoms with Gasteiger partial charge in [-0.15, -0.1) is 0 Å². The summed E-state index contributed by atoms with van der Waals surface area (Å²) in [4.78, 5) is 23.6. The van der Waals surface area contributed by atoms with Gasteiger partial charge < -0.3 is 14.2 Å². The van der Waals surface area contributed by atoms with Gasteiger partial charge >= 0.3 is 11.9 Å². The number of esters is 2. The quantitative estimate of drug-likeness (QED) is 0.106. The molecule has 33 heavy (non-hydrogen) atoms. The molecule has 0 bridgehead atoms. The average Bonchev–Trinajstić information content (AvgIpc) is 2.82. The van der Waals surface area contributed by atoms with Crippen molar-refractivity contribution in [2.45, 2.75) is 116 Å². The number of ether oxygens (including phenoxy) is 3. The third kappa shape index (κ3) is 17.1. The fraction of sp³-hybridized carbons (Fsp3) is 0.714. The van der Waals surface area contributed by atoms with Crippen LogP contribution in [0.4, 0.5) is 0 Å². The Labute approximate surface area is 201 Å². The number of unbranched alkanes of at least 4 members (excludes halogenated alkanes) is 13. The molecule has 5 heteroatoms. The average molecular weight is 463 g/mol. The monoisotopic (exact) mass is 462 g/mol. The number of methoxy groups -OCH3 is 1. The molecule has 0 aliphatic carbocycles. The molecule has 0 saturated heterocycles. The molecule has 0 aromatic heterocycles. The lowest BCUT2D eigenvalue weighted by Crippen LogP contribution is -2.10. The molecule has 0 aliphatic rings. The van der Waals surface area contributed by atoms with Crippen molar-refractivity contribution in [2.24, 2.45) is 0 Å². The highest BCUT2D eigenvalue weighted by Gasteiger charge is 2.08. The first kappa shape index (κ1) is 29.0. The standard InChI is InChI=1S/C28H46O5/c1-3-4-5-6-7-8-9-10-11-12-13-14-15-16-24-32-27(29)18-17-19-28(30)33-26-22-20-25(31-2)21-23-26/h20-23H,3-19,24H2,1-2H3. The van der Waals surface area contributed by atoms with Crippen molar-refractivity contribution >= 4 is 11.9 Å². The van der Waals surface area contributed by atoms with E-state index in [9.17, 15) is 9.59 Å². The third-order valence-electron chi connectivity index (χ3n) is 5.81. The normalized spacial score (nSPS) is 10.7. The maximum absolute atomic E-state index is 11.9. The Balaban J connectivity index is 1.86. The van der Waals surface area contributed by atoms with Crippen molar-refractivity contribution in [3.63, 3.8) is 0 Å². The molecular weight excluding hydrogens is 416 g/mol. The van der Waals surface area contributed by atoms with Crippen LogP contribution in [0, 0.1) is 0 Å². The second-order valence-corrected chi connectivity index (χ2v) is 8.82.